The van der Waals surface area contributed by atoms with Crippen molar-refractivity contribution in [3.63, 3.8) is 0 Å². The van der Waals surface area contributed by atoms with Crippen LogP contribution < -0.4 is 5.32 Å². The Morgan fingerprint density at radius 3 is 2.50 bits per heavy atom. The predicted octanol–water partition coefficient (Wildman–Crippen LogP) is 3.28. The lowest BCUT2D eigenvalue weighted by Gasteiger charge is -2.28. The van der Waals surface area contributed by atoms with E-state index in [1.54, 1.807) is 0 Å². The standard InChI is InChI=1S/C13H24N2S/c1-12(2)6-5-10(7-12)15-11-14-8-13(3,4)9-16-11/h10H,5-9H2,1-4H3,(H,14,15). The highest BCUT2D eigenvalue weighted by Gasteiger charge is 2.32. The van der Waals surface area contributed by atoms with Crippen LogP contribution >= 0.6 is 11.8 Å². The fraction of sp³-hybridized carbons (Fsp3) is 0.923. The van der Waals surface area contributed by atoms with Gasteiger partial charge in [0.1, 0.15) is 0 Å². The van der Waals surface area contributed by atoms with E-state index >= 15 is 0 Å². The SMILES string of the molecule is CC1(C)CN=C(NC2CCC(C)(C)C2)SC1. The first kappa shape index (κ1) is 12.3. The van der Waals surface area contributed by atoms with Crippen molar-refractivity contribution in [2.45, 2.75) is 53.0 Å². The van der Waals surface area contributed by atoms with E-state index in [4.69, 9.17) is 0 Å². The van der Waals surface area contributed by atoms with Gasteiger partial charge >= 0.3 is 0 Å². The second kappa shape index (κ2) is 4.25. The third-order valence-corrected chi connectivity index (χ3v) is 4.99. The third kappa shape index (κ3) is 3.16. The largest absolute Gasteiger partial charge is 0.362 e. The molecule has 16 heavy (non-hydrogen) atoms. The van der Waals surface area contributed by atoms with Crippen molar-refractivity contribution < 1.29 is 0 Å². The number of nitrogens with zero attached hydrogens (tertiary/aromatic N) is 1. The van der Waals surface area contributed by atoms with Crippen LogP contribution in [0.2, 0.25) is 0 Å². The summed E-state index contributed by atoms with van der Waals surface area (Å²) in [6.07, 6.45) is 3.93. The molecule has 1 fully saturated rings. The van der Waals surface area contributed by atoms with Crippen LogP contribution in [0.25, 0.3) is 0 Å². The Kier molecular flexibility index (Phi) is 3.26. The minimum Gasteiger partial charge on any atom is -0.362 e. The highest BCUT2D eigenvalue weighted by Crippen LogP contribution is 2.37. The Morgan fingerprint density at radius 1 is 1.25 bits per heavy atom. The van der Waals surface area contributed by atoms with E-state index in [0.717, 1.165) is 6.54 Å². The van der Waals surface area contributed by atoms with Gasteiger partial charge in [-0.2, -0.15) is 0 Å². The lowest BCUT2D eigenvalue weighted by atomic mass is 9.92. The van der Waals surface area contributed by atoms with E-state index in [2.05, 4.69) is 38.0 Å². The summed E-state index contributed by atoms with van der Waals surface area (Å²) in [5.74, 6) is 1.19. The van der Waals surface area contributed by atoms with Crippen LogP contribution in [-0.4, -0.2) is 23.5 Å². The van der Waals surface area contributed by atoms with E-state index in [9.17, 15) is 0 Å². The van der Waals surface area contributed by atoms with Gasteiger partial charge in [0, 0.05) is 18.3 Å². The average Bonchev–Trinajstić information content (AvgIpc) is 2.50. The molecule has 2 aliphatic rings. The number of rotatable bonds is 1. The molecule has 1 saturated carbocycles. The number of nitrogens with one attached hydrogen (secondary N) is 1. The van der Waals surface area contributed by atoms with Crippen molar-refractivity contribution in [3.05, 3.63) is 0 Å². The maximum Gasteiger partial charge on any atom is 0.156 e. The van der Waals surface area contributed by atoms with Crippen LogP contribution in [-0.2, 0) is 0 Å². The quantitative estimate of drug-likeness (QED) is 0.760. The summed E-state index contributed by atoms with van der Waals surface area (Å²) in [6.45, 7) is 10.3. The normalized spacial score (nSPS) is 32.2. The smallest absolute Gasteiger partial charge is 0.156 e. The molecule has 1 aliphatic heterocycles. The molecule has 0 amide bonds. The van der Waals surface area contributed by atoms with Gasteiger partial charge in [-0.05, 0) is 30.1 Å². The van der Waals surface area contributed by atoms with Crippen LogP contribution in [0.15, 0.2) is 4.99 Å². The van der Waals surface area contributed by atoms with Crippen molar-refractivity contribution >= 4 is 16.9 Å². The topological polar surface area (TPSA) is 24.4 Å². The molecule has 1 aliphatic carbocycles. The van der Waals surface area contributed by atoms with Gasteiger partial charge < -0.3 is 5.32 Å². The van der Waals surface area contributed by atoms with Crippen LogP contribution in [0, 0.1) is 10.8 Å². The first-order valence-electron chi connectivity index (χ1n) is 6.30. The van der Waals surface area contributed by atoms with E-state index in [0.29, 0.717) is 16.9 Å². The zero-order chi connectivity index (χ0) is 11.8. The minimum absolute atomic E-state index is 0.380. The molecule has 0 saturated heterocycles. The first-order valence-corrected chi connectivity index (χ1v) is 7.29. The Balaban J connectivity index is 1.86. The molecular weight excluding hydrogens is 216 g/mol. The summed E-state index contributed by atoms with van der Waals surface area (Å²) >= 11 is 1.90. The molecule has 0 bridgehead atoms. The minimum atomic E-state index is 0.380. The lowest BCUT2D eigenvalue weighted by Crippen LogP contribution is -2.36. The lowest BCUT2D eigenvalue weighted by molar-refractivity contribution is 0.372. The molecule has 0 radical (unpaired) electrons. The van der Waals surface area contributed by atoms with Crippen molar-refractivity contribution in [2.24, 2.45) is 15.8 Å². The Bertz CT molecular complexity index is 294. The molecule has 2 rings (SSSR count). The highest BCUT2D eigenvalue weighted by molar-refractivity contribution is 8.13. The molecule has 2 nitrogen and oxygen atoms in total. The Labute approximate surface area is 104 Å². The fourth-order valence-corrected chi connectivity index (χ4v) is 3.49. The van der Waals surface area contributed by atoms with Gasteiger partial charge in [-0.25, -0.2) is 0 Å². The monoisotopic (exact) mass is 240 g/mol. The molecule has 0 aromatic carbocycles. The van der Waals surface area contributed by atoms with Crippen LogP contribution in [0.1, 0.15) is 47.0 Å². The molecule has 1 unspecified atom stereocenters. The van der Waals surface area contributed by atoms with Crippen molar-refractivity contribution in [1.82, 2.24) is 5.32 Å². The van der Waals surface area contributed by atoms with Crippen LogP contribution in [0.4, 0.5) is 0 Å². The molecule has 0 aromatic rings. The average molecular weight is 240 g/mol. The second-order valence-corrected chi connectivity index (χ2v) is 7.79. The van der Waals surface area contributed by atoms with Crippen molar-refractivity contribution in [1.29, 1.82) is 0 Å². The van der Waals surface area contributed by atoms with Gasteiger partial charge in [0.05, 0.1) is 0 Å². The molecule has 1 heterocycles. The summed E-state index contributed by atoms with van der Waals surface area (Å²) in [5.41, 5.74) is 0.904. The van der Waals surface area contributed by atoms with Crippen molar-refractivity contribution in [3.8, 4) is 0 Å². The third-order valence-electron chi connectivity index (χ3n) is 3.55. The molecule has 0 spiro atoms. The van der Waals surface area contributed by atoms with E-state index in [1.165, 1.54) is 30.2 Å². The number of thioether (sulfide) groups is 1. The molecular formula is C13H24N2S. The van der Waals surface area contributed by atoms with Crippen LogP contribution in [0.5, 0.6) is 0 Å². The highest BCUT2D eigenvalue weighted by atomic mass is 32.2. The Hall–Kier alpha value is -0.180. The fourth-order valence-electron chi connectivity index (χ4n) is 2.46. The van der Waals surface area contributed by atoms with Crippen LogP contribution in [0.3, 0.4) is 0 Å². The zero-order valence-electron chi connectivity index (χ0n) is 11.0. The molecule has 92 valence electrons. The molecule has 0 aromatic heterocycles. The van der Waals surface area contributed by atoms with Gasteiger partial charge in [0.25, 0.3) is 0 Å². The second-order valence-electron chi connectivity index (χ2n) is 6.82. The van der Waals surface area contributed by atoms with E-state index in [1.807, 2.05) is 11.8 Å². The summed E-state index contributed by atoms with van der Waals surface area (Å²) in [5, 5.41) is 4.81. The predicted molar refractivity (Wildman–Crippen MR) is 73.1 cm³/mol. The number of hydrogen-bond acceptors (Lipinski definition) is 3. The maximum atomic E-state index is 4.66. The number of hydrogen-bond donors (Lipinski definition) is 1. The molecule has 3 heteroatoms. The van der Waals surface area contributed by atoms with Gasteiger partial charge in [0.2, 0.25) is 0 Å². The molecule has 1 atom stereocenters. The summed E-state index contributed by atoms with van der Waals surface area (Å²) in [6, 6.07) is 0.655. The Morgan fingerprint density at radius 2 is 2.00 bits per heavy atom. The van der Waals surface area contributed by atoms with E-state index in [-0.39, 0.29) is 0 Å². The van der Waals surface area contributed by atoms with E-state index < -0.39 is 0 Å². The molecule has 1 N–H and O–H groups in total. The van der Waals surface area contributed by atoms with Gasteiger partial charge in [-0.1, -0.05) is 39.5 Å². The summed E-state index contributed by atoms with van der Waals surface area (Å²) in [4.78, 5) is 4.66. The summed E-state index contributed by atoms with van der Waals surface area (Å²) in [7, 11) is 0. The number of aliphatic imine (C=N–C) groups is 1. The van der Waals surface area contributed by atoms with Crippen molar-refractivity contribution in [2.75, 3.05) is 12.3 Å². The van der Waals surface area contributed by atoms with Gasteiger partial charge in [-0.15, -0.1) is 0 Å². The van der Waals surface area contributed by atoms with Gasteiger partial charge in [0.15, 0.2) is 5.17 Å². The zero-order valence-corrected chi connectivity index (χ0v) is 11.8. The maximum absolute atomic E-state index is 4.66. The first-order chi connectivity index (χ1) is 7.36. The summed E-state index contributed by atoms with van der Waals surface area (Å²) < 4.78 is 0. The van der Waals surface area contributed by atoms with Gasteiger partial charge in [-0.3, -0.25) is 4.99 Å². The number of amidine groups is 1.